The van der Waals surface area contributed by atoms with Crippen LogP contribution in [0.4, 0.5) is 11.4 Å². The molecule has 0 bridgehead atoms. The Morgan fingerprint density at radius 3 is 2.53 bits per heavy atom. The summed E-state index contributed by atoms with van der Waals surface area (Å²) in [7, 11) is 0. The van der Waals surface area contributed by atoms with Crippen molar-refractivity contribution in [2.45, 2.75) is 25.5 Å². The summed E-state index contributed by atoms with van der Waals surface area (Å²) >= 11 is 6.16. The lowest BCUT2D eigenvalue weighted by atomic mass is 9.88. The van der Waals surface area contributed by atoms with Gasteiger partial charge in [-0.2, -0.15) is 0 Å². The number of hydrogen-bond donors (Lipinski definition) is 2. The first-order chi connectivity index (χ1) is 14.3. The zero-order valence-corrected chi connectivity index (χ0v) is 17.2. The van der Waals surface area contributed by atoms with Crippen LogP contribution in [-0.4, -0.2) is 16.8 Å². The van der Waals surface area contributed by atoms with Crippen LogP contribution in [0.3, 0.4) is 0 Å². The Morgan fingerprint density at radius 2 is 1.83 bits per heavy atom. The number of aryl methyl sites for hydroxylation is 1. The summed E-state index contributed by atoms with van der Waals surface area (Å²) in [5.41, 5.74) is 7.48. The number of amides is 1. The predicted octanol–water partition coefficient (Wildman–Crippen LogP) is 4.24. The Kier molecular flexibility index (Phi) is 5.10. The third kappa shape index (κ3) is 3.58. The highest BCUT2D eigenvalue weighted by Crippen LogP contribution is 2.44. The minimum absolute atomic E-state index is 0.280. The van der Waals surface area contributed by atoms with Crippen molar-refractivity contribution in [3.05, 3.63) is 94.0 Å². The van der Waals surface area contributed by atoms with E-state index in [-0.39, 0.29) is 12.3 Å². The smallest absolute Gasteiger partial charge is 0.264 e. The van der Waals surface area contributed by atoms with Crippen LogP contribution in [0.5, 0.6) is 0 Å². The van der Waals surface area contributed by atoms with Crippen molar-refractivity contribution in [2.75, 3.05) is 10.6 Å². The van der Waals surface area contributed by atoms with Crippen molar-refractivity contribution in [3.63, 3.8) is 0 Å². The summed E-state index contributed by atoms with van der Waals surface area (Å²) in [5.74, 6) is -0.918. The molecule has 0 aliphatic carbocycles. The average Bonchev–Trinajstić information content (AvgIpc) is 2.91. The van der Waals surface area contributed by atoms with Crippen LogP contribution in [0.2, 0.25) is 5.02 Å². The number of carbonyl (C=O) groups excluding carboxylic acids is 2. The minimum atomic E-state index is -1.99. The highest BCUT2D eigenvalue weighted by atomic mass is 35.5. The average molecular weight is 421 g/mol. The van der Waals surface area contributed by atoms with Crippen molar-refractivity contribution in [2.24, 2.45) is 0 Å². The van der Waals surface area contributed by atoms with Gasteiger partial charge in [-0.1, -0.05) is 53.6 Å². The zero-order chi connectivity index (χ0) is 21.5. The molecule has 6 heteroatoms. The zero-order valence-electron chi connectivity index (χ0n) is 16.4. The lowest BCUT2D eigenvalue weighted by Crippen LogP contribution is -2.41. The Hall–Kier alpha value is -3.15. The van der Waals surface area contributed by atoms with E-state index in [0.717, 1.165) is 11.1 Å². The maximum Gasteiger partial charge on any atom is 0.264 e. The summed E-state index contributed by atoms with van der Waals surface area (Å²) in [6.07, 6.45) is -0.396. The number of benzene rings is 3. The van der Waals surface area contributed by atoms with Crippen LogP contribution >= 0.6 is 11.6 Å². The molecule has 152 valence electrons. The van der Waals surface area contributed by atoms with Gasteiger partial charge in [-0.25, -0.2) is 0 Å². The number of halogens is 1. The van der Waals surface area contributed by atoms with Crippen molar-refractivity contribution >= 4 is 34.7 Å². The molecule has 30 heavy (non-hydrogen) atoms. The maximum absolute atomic E-state index is 13.4. The van der Waals surface area contributed by atoms with Crippen LogP contribution in [0.25, 0.3) is 0 Å². The SMILES string of the molecule is Cc1ccc(CN2C(=O)C(O)(CC(=O)c3cccc(N)c3)c3cc(Cl)ccc32)cc1. The Labute approximate surface area is 179 Å². The van der Waals surface area contributed by atoms with E-state index < -0.39 is 17.9 Å². The Balaban J connectivity index is 1.71. The summed E-state index contributed by atoms with van der Waals surface area (Å²) in [5, 5.41) is 11.8. The van der Waals surface area contributed by atoms with E-state index in [9.17, 15) is 14.7 Å². The molecule has 3 aromatic rings. The van der Waals surface area contributed by atoms with Gasteiger partial charge in [0.25, 0.3) is 5.91 Å². The molecular formula is C24H21ClN2O3. The largest absolute Gasteiger partial charge is 0.399 e. The number of carbonyl (C=O) groups is 2. The molecule has 0 radical (unpaired) electrons. The molecule has 5 nitrogen and oxygen atoms in total. The number of hydrogen-bond acceptors (Lipinski definition) is 4. The molecule has 1 aliphatic rings. The van der Waals surface area contributed by atoms with Gasteiger partial charge in [0.2, 0.25) is 0 Å². The van der Waals surface area contributed by atoms with E-state index in [1.54, 1.807) is 36.4 Å². The van der Waals surface area contributed by atoms with Gasteiger partial charge in [0, 0.05) is 21.8 Å². The van der Waals surface area contributed by atoms with Crippen LogP contribution in [0, 0.1) is 6.92 Å². The molecular weight excluding hydrogens is 400 g/mol. The Bertz CT molecular complexity index is 1140. The molecule has 4 rings (SSSR count). The standard InChI is InChI=1S/C24H21ClN2O3/c1-15-5-7-16(8-6-15)14-27-21-10-9-18(25)12-20(21)24(30,23(27)29)13-22(28)17-3-2-4-19(26)11-17/h2-12,30H,13-14,26H2,1H3. The monoisotopic (exact) mass is 420 g/mol. The normalized spacial score (nSPS) is 17.8. The van der Waals surface area contributed by atoms with Gasteiger partial charge in [0.05, 0.1) is 18.7 Å². The molecule has 1 aliphatic heterocycles. The fourth-order valence-corrected chi connectivity index (χ4v) is 3.95. The van der Waals surface area contributed by atoms with Crippen LogP contribution in [0.15, 0.2) is 66.7 Å². The van der Waals surface area contributed by atoms with Gasteiger partial charge < -0.3 is 15.7 Å². The molecule has 0 saturated carbocycles. The van der Waals surface area contributed by atoms with E-state index in [1.807, 2.05) is 31.2 Å². The van der Waals surface area contributed by atoms with Gasteiger partial charge in [0.1, 0.15) is 0 Å². The molecule has 0 spiro atoms. The third-order valence-electron chi connectivity index (χ3n) is 5.38. The third-order valence-corrected chi connectivity index (χ3v) is 5.62. The lowest BCUT2D eigenvalue weighted by Gasteiger charge is -2.23. The Morgan fingerprint density at radius 1 is 1.10 bits per heavy atom. The predicted molar refractivity (Wildman–Crippen MR) is 118 cm³/mol. The maximum atomic E-state index is 13.4. The van der Waals surface area contributed by atoms with Crippen molar-refractivity contribution in [3.8, 4) is 0 Å². The number of nitrogens with zero attached hydrogens (tertiary/aromatic N) is 1. The number of Topliss-reactive ketones (excluding diaryl/α,β-unsaturated/α-hetero) is 1. The highest BCUT2D eigenvalue weighted by Gasteiger charge is 2.51. The highest BCUT2D eigenvalue weighted by molar-refractivity contribution is 6.31. The quantitative estimate of drug-likeness (QED) is 0.477. The summed E-state index contributed by atoms with van der Waals surface area (Å²) in [6.45, 7) is 2.27. The molecule has 3 N–H and O–H groups in total. The topological polar surface area (TPSA) is 83.6 Å². The minimum Gasteiger partial charge on any atom is -0.399 e. The number of ketones is 1. The van der Waals surface area contributed by atoms with Gasteiger partial charge in [-0.3, -0.25) is 9.59 Å². The van der Waals surface area contributed by atoms with Gasteiger partial charge in [-0.15, -0.1) is 0 Å². The summed E-state index contributed by atoms with van der Waals surface area (Å²) in [6, 6.07) is 19.2. The van der Waals surface area contributed by atoms with Crippen LogP contribution in [0.1, 0.15) is 33.5 Å². The van der Waals surface area contributed by atoms with E-state index in [4.69, 9.17) is 17.3 Å². The summed E-state index contributed by atoms with van der Waals surface area (Å²) < 4.78 is 0. The molecule has 1 heterocycles. The molecule has 1 unspecified atom stereocenters. The van der Waals surface area contributed by atoms with E-state index in [0.29, 0.717) is 27.5 Å². The molecule has 3 aromatic carbocycles. The number of anilines is 2. The first-order valence-electron chi connectivity index (χ1n) is 9.56. The molecule has 0 fully saturated rings. The number of nitrogens with two attached hydrogens (primary N) is 1. The fourth-order valence-electron chi connectivity index (χ4n) is 3.77. The number of rotatable bonds is 5. The lowest BCUT2D eigenvalue weighted by molar-refractivity contribution is -0.136. The fraction of sp³-hybridized carbons (Fsp3) is 0.167. The van der Waals surface area contributed by atoms with E-state index in [1.165, 1.54) is 11.0 Å². The van der Waals surface area contributed by atoms with Gasteiger partial charge >= 0.3 is 0 Å². The number of aliphatic hydroxyl groups is 1. The first kappa shape index (κ1) is 20.1. The number of fused-ring (bicyclic) bond motifs is 1. The van der Waals surface area contributed by atoms with Gasteiger partial charge in [-0.05, 0) is 42.8 Å². The van der Waals surface area contributed by atoms with Crippen LogP contribution < -0.4 is 10.6 Å². The van der Waals surface area contributed by atoms with E-state index >= 15 is 0 Å². The molecule has 1 atom stereocenters. The van der Waals surface area contributed by atoms with Crippen molar-refractivity contribution in [1.29, 1.82) is 0 Å². The second-order valence-corrected chi connectivity index (χ2v) is 8.06. The first-order valence-corrected chi connectivity index (χ1v) is 9.94. The molecule has 0 saturated heterocycles. The van der Waals surface area contributed by atoms with Crippen molar-refractivity contribution < 1.29 is 14.7 Å². The van der Waals surface area contributed by atoms with Crippen molar-refractivity contribution in [1.82, 2.24) is 0 Å². The van der Waals surface area contributed by atoms with E-state index in [2.05, 4.69) is 0 Å². The van der Waals surface area contributed by atoms with Gasteiger partial charge in [0.15, 0.2) is 11.4 Å². The second-order valence-electron chi connectivity index (χ2n) is 7.62. The molecule has 1 amide bonds. The van der Waals surface area contributed by atoms with Crippen LogP contribution in [-0.2, 0) is 16.9 Å². The second kappa shape index (κ2) is 7.59. The molecule has 0 aromatic heterocycles. The summed E-state index contributed by atoms with van der Waals surface area (Å²) in [4.78, 5) is 27.7. The number of nitrogen functional groups attached to an aromatic ring is 1.